The van der Waals surface area contributed by atoms with E-state index in [4.69, 9.17) is 10.5 Å². The summed E-state index contributed by atoms with van der Waals surface area (Å²) in [6.07, 6.45) is -0.0364. The Kier molecular flexibility index (Phi) is 4.07. The Morgan fingerprint density at radius 2 is 1.84 bits per heavy atom. The number of rotatable bonds is 4. The Labute approximate surface area is 113 Å². The van der Waals surface area contributed by atoms with E-state index in [0.717, 1.165) is 22.4 Å². The fourth-order valence-electron chi connectivity index (χ4n) is 2.11. The van der Waals surface area contributed by atoms with Gasteiger partial charge in [0, 0.05) is 12.1 Å². The molecule has 0 aliphatic rings. The zero-order chi connectivity index (χ0) is 13.8. The lowest BCUT2D eigenvalue weighted by Crippen LogP contribution is -2.04. The fraction of sp³-hybridized carbons (Fsp3) is 0.250. The first-order chi connectivity index (χ1) is 9.10. The van der Waals surface area contributed by atoms with Crippen molar-refractivity contribution in [1.29, 1.82) is 0 Å². The van der Waals surface area contributed by atoms with Crippen LogP contribution in [0.4, 0.5) is 5.69 Å². The maximum absolute atomic E-state index is 10.3. The van der Waals surface area contributed by atoms with Crippen LogP contribution in [0, 0.1) is 6.92 Å². The summed E-state index contributed by atoms with van der Waals surface area (Å²) in [5.74, 6) is 0.806. The van der Waals surface area contributed by atoms with Crippen molar-refractivity contribution in [3.8, 4) is 5.75 Å². The summed E-state index contributed by atoms with van der Waals surface area (Å²) >= 11 is 0. The zero-order valence-electron chi connectivity index (χ0n) is 11.3. The molecule has 0 aliphatic carbocycles. The van der Waals surface area contributed by atoms with Crippen molar-refractivity contribution in [3.05, 3.63) is 59.2 Å². The third kappa shape index (κ3) is 3.26. The average Bonchev–Trinajstić information content (AvgIpc) is 2.39. The monoisotopic (exact) mass is 257 g/mol. The van der Waals surface area contributed by atoms with Crippen LogP contribution < -0.4 is 10.5 Å². The van der Waals surface area contributed by atoms with E-state index in [1.165, 1.54) is 0 Å². The first-order valence-electron chi connectivity index (χ1n) is 6.27. The van der Waals surface area contributed by atoms with Crippen molar-refractivity contribution < 1.29 is 9.84 Å². The Bertz CT molecular complexity index is 549. The maximum Gasteiger partial charge on any atom is 0.122 e. The summed E-state index contributed by atoms with van der Waals surface area (Å²) in [6.45, 7) is 2.03. The second-order valence-electron chi connectivity index (χ2n) is 4.70. The predicted octanol–water partition coefficient (Wildman–Crippen LogP) is 2.86. The lowest BCUT2D eigenvalue weighted by molar-refractivity contribution is 0.177. The van der Waals surface area contributed by atoms with Gasteiger partial charge in [0.15, 0.2) is 0 Å². The van der Waals surface area contributed by atoms with Gasteiger partial charge in [0.05, 0.1) is 13.2 Å². The molecule has 100 valence electrons. The lowest BCUT2D eigenvalue weighted by atomic mass is 9.99. The van der Waals surface area contributed by atoms with Crippen LogP contribution in [0.2, 0.25) is 0 Å². The molecule has 0 radical (unpaired) electrons. The van der Waals surface area contributed by atoms with Crippen LogP contribution in [0.15, 0.2) is 42.5 Å². The standard InChI is InChI=1S/C16H19NO2/c1-11-3-8-16(19-2)13(9-11)10-15(18)12-4-6-14(17)7-5-12/h3-9,15,18H,10,17H2,1-2H3. The van der Waals surface area contributed by atoms with Gasteiger partial charge in [-0.15, -0.1) is 0 Å². The molecule has 2 rings (SSSR count). The summed E-state index contributed by atoms with van der Waals surface area (Å²) in [5, 5.41) is 10.3. The van der Waals surface area contributed by atoms with E-state index in [0.29, 0.717) is 12.1 Å². The zero-order valence-corrected chi connectivity index (χ0v) is 11.3. The molecule has 0 aromatic heterocycles. The number of ether oxygens (including phenoxy) is 1. The molecular formula is C16H19NO2. The molecule has 0 heterocycles. The second kappa shape index (κ2) is 5.76. The third-order valence-corrected chi connectivity index (χ3v) is 3.17. The van der Waals surface area contributed by atoms with Crippen molar-refractivity contribution in [1.82, 2.24) is 0 Å². The molecule has 0 amide bonds. The lowest BCUT2D eigenvalue weighted by Gasteiger charge is -2.14. The van der Waals surface area contributed by atoms with Crippen LogP contribution in [0.25, 0.3) is 0 Å². The van der Waals surface area contributed by atoms with Crippen molar-refractivity contribution in [2.45, 2.75) is 19.4 Å². The van der Waals surface area contributed by atoms with E-state index >= 15 is 0 Å². The molecule has 19 heavy (non-hydrogen) atoms. The summed E-state index contributed by atoms with van der Waals surface area (Å²) in [5.41, 5.74) is 9.36. The number of hydrogen-bond donors (Lipinski definition) is 2. The van der Waals surface area contributed by atoms with E-state index in [1.807, 2.05) is 37.3 Å². The molecule has 0 aliphatic heterocycles. The Morgan fingerprint density at radius 3 is 2.47 bits per heavy atom. The van der Waals surface area contributed by atoms with Gasteiger partial charge in [-0.3, -0.25) is 0 Å². The quantitative estimate of drug-likeness (QED) is 0.828. The number of anilines is 1. The van der Waals surface area contributed by atoms with Crippen LogP contribution in [0.1, 0.15) is 22.8 Å². The molecule has 3 heteroatoms. The summed E-state index contributed by atoms with van der Waals surface area (Å²) < 4.78 is 5.33. The minimum absolute atomic E-state index is 0.523. The first-order valence-corrected chi connectivity index (χ1v) is 6.27. The highest BCUT2D eigenvalue weighted by atomic mass is 16.5. The summed E-state index contributed by atoms with van der Waals surface area (Å²) in [7, 11) is 1.64. The number of aryl methyl sites for hydroxylation is 1. The minimum atomic E-state index is -0.559. The van der Waals surface area contributed by atoms with Crippen LogP contribution in [0.5, 0.6) is 5.75 Å². The SMILES string of the molecule is COc1ccc(C)cc1CC(O)c1ccc(N)cc1. The Morgan fingerprint density at radius 1 is 1.16 bits per heavy atom. The molecule has 3 N–H and O–H groups in total. The van der Waals surface area contributed by atoms with E-state index in [2.05, 4.69) is 0 Å². The van der Waals surface area contributed by atoms with Gasteiger partial charge in [0.2, 0.25) is 0 Å². The average molecular weight is 257 g/mol. The van der Waals surface area contributed by atoms with Gasteiger partial charge in [0.1, 0.15) is 5.75 Å². The number of benzene rings is 2. The number of methoxy groups -OCH3 is 1. The highest BCUT2D eigenvalue weighted by molar-refractivity contribution is 5.41. The van der Waals surface area contributed by atoms with Crippen molar-refractivity contribution >= 4 is 5.69 Å². The molecule has 0 saturated carbocycles. The van der Waals surface area contributed by atoms with Crippen LogP contribution >= 0.6 is 0 Å². The molecule has 0 bridgehead atoms. The van der Waals surface area contributed by atoms with Crippen molar-refractivity contribution in [3.63, 3.8) is 0 Å². The molecule has 0 spiro atoms. The summed E-state index contributed by atoms with van der Waals surface area (Å²) in [6, 6.07) is 13.3. The molecule has 1 atom stereocenters. The van der Waals surface area contributed by atoms with E-state index < -0.39 is 6.10 Å². The number of aliphatic hydroxyl groups is 1. The highest BCUT2D eigenvalue weighted by Gasteiger charge is 2.12. The van der Waals surface area contributed by atoms with Crippen molar-refractivity contribution in [2.24, 2.45) is 0 Å². The van der Waals surface area contributed by atoms with Gasteiger partial charge >= 0.3 is 0 Å². The number of aliphatic hydroxyl groups excluding tert-OH is 1. The van der Waals surface area contributed by atoms with Gasteiger partial charge < -0.3 is 15.6 Å². The van der Waals surface area contributed by atoms with Crippen LogP contribution in [-0.2, 0) is 6.42 Å². The smallest absolute Gasteiger partial charge is 0.122 e. The third-order valence-electron chi connectivity index (χ3n) is 3.17. The Balaban J connectivity index is 2.20. The Hall–Kier alpha value is -2.00. The van der Waals surface area contributed by atoms with Crippen LogP contribution in [-0.4, -0.2) is 12.2 Å². The largest absolute Gasteiger partial charge is 0.496 e. The first kappa shape index (κ1) is 13.4. The van der Waals surface area contributed by atoms with Crippen LogP contribution in [0.3, 0.4) is 0 Å². The minimum Gasteiger partial charge on any atom is -0.496 e. The molecule has 2 aromatic rings. The number of hydrogen-bond acceptors (Lipinski definition) is 3. The van der Waals surface area contributed by atoms with Gasteiger partial charge in [-0.25, -0.2) is 0 Å². The molecule has 3 nitrogen and oxygen atoms in total. The van der Waals surface area contributed by atoms with Gasteiger partial charge in [-0.05, 0) is 36.2 Å². The van der Waals surface area contributed by atoms with E-state index in [1.54, 1.807) is 19.2 Å². The van der Waals surface area contributed by atoms with Gasteiger partial charge in [0.25, 0.3) is 0 Å². The van der Waals surface area contributed by atoms with Crippen molar-refractivity contribution in [2.75, 3.05) is 12.8 Å². The number of nitrogens with two attached hydrogens (primary N) is 1. The molecular weight excluding hydrogens is 238 g/mol. The molecule has 0 fully saturated rings. The van der Waals surface area contributed by atoms with E-state index in [-0.39, 0.29) is 0 Å². The molecule has 1 unspecified atom stereocenters. The topological polar surface area (TPSA) is 55.5 Å². The normalized spacial score (nSPS) is 12.2. The fourth-order valence-corrected chi connectivity index (χ4v) is 2.11. The molecule has 0 saturated heterocycles. The molecule has 2 aromatic carbocycles. The predicted molar refractivity (Wildman–Crippen MR) is 77.2 cm³/mol. The van der Waals surface area contributed by atoms with Gasteiger partial charge in [-0.2, -0.15) is 0 Å². The maximum atomic E-state index is 10.3. The second-order valence-corrected chi connectivity index (χ2v) is 4.70. The highest BCUT2D eigenvalue weighted by Crippen LogP contribution is 2.26. The summed E-state index contributed by atoms with van der Waals surface area (Å²) in [4.78, 5) is 0. The van der Waals surface area contributed by atoms with Gasteiger partial charge in [-0.1, -0.05) is 29.8 Å². The number of nitrogen functional groups attached to an aromatic ring is 1. The van der Waals surface area contributed by atoms with E-state index in [9.17, 15) is 5.11 Å².